The van der Waals surface area contributed by atoms with Crippen LogP contribution in [0, 0.1) is 0 Å². The molecule has 38 valence electrons. The molecule has 0 aromatic carbocycles. The Morgan fingerprint density at radius 2 is 3.67 bits per heavy atom. The first-order chi connectivity index (χ1) is 7.25. The molecule has 0 aliphatic rings. The summed E-state index contributed by atoms with van der Waals surface area (Å²) in [7, 11) is 0. The highest BCUT2D eigenvalue weighted by molar-refractivity contribution is 4.56. The molecule has 0 spiro atoms. The zero-order valence-corrected chi connectivity index (χ0v) is 2.86. The fourth-order valence-electron chi connectivity index (χ4n) is 0. The van der Waals surface area contributed by atoms with Crippen LogP contribution < -0.4 is 5.72 Å². The molecule has 2 heteroatoms. The fraction of sp³-hybridized carbons (Fsp3) is 1.00. The smallest absolute Gasteiger partial charge is 0.213 e. The average Bonchev–Trinajstić information content (AvgIpc) is 1.98. The van der Waals surface area contributed by atoms with Gasteiger partial charge in [-0.15, -0.1) is 0 Å². The van der Waals surface area contributed by atoms with Crippen molar-refractivity contribution in [2.24, 2.45) is 5.72 Å². The minimum absolute atomic E-state index is 0.751. The van der Waals surface area contributed by atoms with E-state index in [1.807, 2.05) is 0 Å². The highest BCUT2D eigenvalue weighted by Crippen LogP contribution is 1.94. The first kappa shape index (κ1) is 0.565. The summed E-state index contributed by atoms with van der Waals surface area (Å²) in [4.78, 5) is 0. The summed E-state index contributed by atoms with van der Waals surface area (Å²) in [6.07, 6.45) is -3.61. The average molecular weight is 100 g/mol. The van der Waals surface area contributed by atoms with E-state index in [0.29, 0.717) is 0 Å². The molecule has 0 saturated carbocycles. The van der Waals surface area contributed by atoms with Crippen LogP contribution in [0.2, 0.25) is 2.82 Å². The number of aliphatic hydroxyl groups is 1. The van der Waals surface area contributed by atoms with Gasteiger partial charge in [0.2, 0.25) is 1.43 Å². The highest BCUT2D eigenvalue weighted by atomic mass is 16.3. The van der Waals surface area contributed by atoms with Crippen LogP contribution in [0.1, 0.15) is 31.0 Å². The standard InChI is InChI=1S/C4H11NO/c1-3-4(2,5)6/h6H,3,5H2,1-2H3/i1D3,2D3,3D2,6D/hD2. The van der Waals surface area contributed by atoms with E-state index in [1.165, 1.54) is 0 Å². The van der Waals surface area contributed by atoms with Gasteiger partial charge in [0.1, 0.15) is 8.55 Å². The summed E-state index contributed by atoms with van der Waals surface area (Å²) in [5, 5.41) is 3.66. The van der Waals surface area contributed by atoms with Gasteiger partial charge in [-0.1, -0.05) is 6.85 Å². The Bertz CT molecular complexity index is 268. The van der Waals surface area contributed by atoms with Crippen molar-refractivity contribution in [2.45, 2.75) is 25.8 Å². The molecule has 0 aliphatic carbocycles. The van der Waals surface area contributed by atoms with Gasteiger partial charge >= 0.3 is 0 Å². The lowest BCUT2D eigenvalue weighted by atomic mass is 10.2. The summed E-state index contributed by atoms with van der Waals surface area (Å²) >= 11 is 0. The maximum Gasteiger partial charge on any atom is 0.213 e. The lowest BCUT2D eigenvalue weighted by molar-refractivity contribution is 0.0632. The second-order valence-electron chi connectivity index (χ2n) is 0.769. The number of rotatable bonds is 3. The molecule has 0 fully saturated rings. The molecular formula is C4H11NO. The van der Waals surface area contributed by atoms with Crippen LogP contribution in [0.15, 0.2) is 0 Å². The van der Waals surface area contributed by atoms with Crippen molar-refractivity contribution in [1.82, 2.24) is 0 Å². The Morgan fingerprint density at radius 3 is 3.83 bits per heavy atom. The second-order valence-corrected chi connectivity index (χ2v) is 0.769. The molecule has 0 aliphatic heterocycles. The summed E-state index contributed by atoms with van der Waals surface area (Å²) in [6, 6.07) is 0. The van der Waals surface area contributed by atoms with E-state index in [1.54, 1.807) is 0 Å². The lowest BCUT2D eigenvalue weighted by Crippen LogP contribution is -2.34. The van der Waals surface area contributed by atoms with Gasteiger partial charge < -0.3 is 10.8 Å². The van der Waals surface area contributed by atoms with Gasteiger partial charge in [0.15, 0.2) is 0 Å². The molecule has 0 saturated heterocycles. The van der Waals surface area contributed by atoms with Crippen LogP contribution in [0.3, 0.4) is 0 Å². The van der Waals surface area contributed by atoms with Gasteiger partial charge in [-0.05, 0) is 13.2 Å². The van der Waals surface area contributed by atoms with E-state index in [9.17, 15) is 0 Å². The molecular weight excluding hydrogens is 78.0 g/mol. The van der Waals surface area contributed by atoms with Gasteiger partial charge in [0, 0.05) is 11.0 Å². The molecule has 0 amide bonds. The van der Waals surface area contributed by atoms with E-state index in [0.717, 1.165) is 0 Å². The zero-order chi connectivity index (χ0) is 14.3. The minimum Gasteiger partial charge on any atom is -0.376 e. The number of hydrogen-bond acceptors (Lipinski definition) is 2. The predicted molar refractivity (Wildman–Crippen MR) is 25.1 cm³/mol. The van der Waals surface area contributed by atoms with Gasteiger partial charge in [-0.3, -0.25) is 0 Å². The van der Waals surface area contributed by atoms with Gasteiger partial charge in [0.05, 0.1) is 0 Å². The van der Waals surface area contributed by atoms with Crippen molar-refractivity contribution in [2.75, 3.05) is 0 Å². The first-order valence-electron chi connectivity index (χ1n) is 6.48. The summed E-state index contributed by atoms with van der Waals surface area (Å²) in [5.41, 5.74) is -4.29. The Labute approximate surface area is 53.6 Å². The van der Waals surface area contributed by atoms with Crippen LogP contribution in [-0.4, -0.2) is 12.3 Å². The molecule has 0 bridgehead atoms. The third kappa shape index (κ3) is 3.92. The third-order valence-corrected chi connectivity index (χ3v) is 0.169. The molecule has 0 aromatic rings. The van der Waals surface area contributed by atoms with Crippen molar-refractivity contribution in [3.05, 3.63) is 0 Å². The zero-order valence-electron chi connectivity index (χ0n) is 13.9. The van der Waals surface area contributed by atoms with E-state index in [2.05, 4.69) is 5.11 Å². The van der Waals surface area contributed by atoms with Crippen molar-refractivity contribution in [3.63, 3.8) is 0 Å². The first-order valence-corrected chi connectivity index (χ1v) is 1.18. The van der Waals surface area contributed by atoms with Crippen LogP contribution >= 0.6 is 0 Å². The summed E-state index contributed by atoms with van der Waals surface area (Å²) in [6.45, 7) is -7.00. The molecule has 0 heterocycles. The maximum atomic E-state index is 7.29. The topological polar surface area (TPSA) is 46.2 Å². The predicted octanol–water partition coefficient (Wildman–Crippen LogP) is 0.0636. The Morgan fingerprint density at radius 1 is 2.67 bits per heavy atom. The van der Waals surface area contributed by atoms with Crippen molar-refractivity contribution in [3.8, 4) is 0 Å². The highest BCUT2D eigenvalue weighted by Gasteiger charge is 2.06. The van der Waals surface area contributed by atoms with Crippen LogP contribution in [0.4, 0.5) is 0 Å². The van der Waals surface area contributed by atoms with Gasteiger partial charge in [-0.2, -0.15) is 0 Å². The maximum absolute atomic E-state index is 7.29. The van der Waals surface area contributed by atoms with Crippen molar-refractivity contribution >= 4 is 0 Å². The van der Waals surface area contributed by atoms with Crippen molar-refractivity contribution in [1.29, 1.82) is 1.43 Å². The molecule has 6 heavy (non-hydrogen) atoms. The molecule has 2 nitrogen and oxygen atoms in total. The molecule has 0 aromatic heterocycles. The normalized spacial score (nSPS) is 53.8. The molecule has 1 atom stereocenters. The van der Waals surface area contributed by atoms with E-state index < -0.39 is 31.5 Å². The summed E-state index contributed by atoms with van der Waals surface area (Å²) < 4.78 is 76.7. The van der Waals surface area contributed by atoms with Crippen LogP contribution in [-0.2, 0) is 0 Å². The van der Waals surface area contributed by atoms with E-state index >= 15 is 0 Å². The second kappa shape index (κ2) is 1.58. The molecule has 0 radical (unpaired) electrons. The summed E-state index contributed by atoms with van der Waals surface area (Å²) in [5.74, 6) is 0. The Hall–Kier alpha value is -0.0800. The number of nitrogens with two attached hydrogens (primary N) is 1. The third-order valence-electron chi connectivity index (χ3n) is 0.169. The lowest BCUT2D eigenvalue weighted by Gasteiger charge is -2.11. The van der Waals surface area contributed by atoms with Crippen LogP contribution in [0.5, 0.6) is 0 Å². The SMILES string of the molecule is [2H]OC(N([2H])[2H])(C([2H])([2H])[2H])C([2H])([2H])C([2H])([2H])[2H]. The molecule has 1 unspecified atom stereocenters. The van der Waals surface area contributed by atoms with Gasteiger partial charge in [0.25, 0.3) is 0 Å². The minimum atomic E-state index is -3.61. The molecule has 0 rings (SSSR count). The monoisotopic (exact) mass is 100 g/mol. The Balaban J connectivity index is 5.98. The van der Waals surface area contributed by atoms with Crippen LogP contribution in [0.25, 0.3) is 0 Å². The molecule has 3 N–H and O–H groups in total. The van der Waals surface area contributed by atoms with E-state index in [4.69, 9.17) is 15.2 Å². The Kier molecular flexibility index (Phi) is 0.149. The fourth-order valence-corrected chi connectivity index (χ4v) is 0. The van der Waals surface area contributed by atoms with Gasteiger partial charge in [-0.25, -0.2) is 0 Å². The van der Waals surface area contributed by atoms with Crippen molar-refractivity contribution < 1.29 is 18.9 Å². The number of hydrogen-bond donors (Lipinski definition) is 2. The quantitative estimate of drug-likeness (QED) is 0.493. The van der Waals surface area contributed by atoms with E-state index in [-0.39, 0.29) is 0 Å². The largest absolute Gasteiger partial charge is 0.376 e.